The molecule has 0 fully saturated rings. The van der Waals surface area contributed by atoms with Gasteiger partial charge in [0.05, 0.1) is 5.39 Å². The fraction of sp³-hybridized carbons (Fsp3) is 0. The Kier molecular flexibility index (Phi) is 3.77. The molecule has 1 aromatic heterocycles. The second-order valence-corrected chi connectivity index (χ2v) is 5.51. The van der Waals surface area contributed by atoms with E-state index in [1.54, 1.807) is 18.2 Å². The van der Waals surface area contributed by atoms with Gasteiger partial charge in [0.25, 0.3) is 5.91 Å². The molecule has 3 aromatic rings. The monoisotopic (exact) mass is 361 g/mol. The summed E-state index contributed by atoms with van der Waals surface area (Å²) in [4.78, 5) is 24.0. The van der Waals surface area contributed by atoms with E-state index >= 15 is 0 Å². The van der Waals surface area contributed by atoms with Crippen molar-refractivity contribution < 1.29 is 13.6 Å². The summed E-state index contributed by atoms with van der Waals surface area (Å²) in [7, 11) is 0. The maximum atomic E-state index is 13.3. The zero-order valence-corrected chi connectivity index (χ0v) is 12.7. The Labute approximate surface area is 132 Å². The molecule has 0 aliphatic heterocycles. The van der Waals surface area contributed by atoms with Crippen molar-refractivity contribution in [1.82, 2.24) is 0 Å². The number of carbonyl (C=O) groups is 1. The largest absolute Gasteiger partial charge is 0.417 e. The molecule has 110 valence electrons. The smallest absolute Gasteiger partial charge is 0.344 e. The molecule has 0 radical (unpaired) electrons. The lowest BCUT2D eigenvalue weighted by molar-refractivity contribution is 0.0993. The van der Waals surface area contributed by atoms with Gasteiger partial charge in [-0.15, -0.1) is 0 Å². The van der Waals surface area contributed by atoms with Crippen LogP contribution in [0.5, 0.6) is 0 Å². The summed E-state index contributed by atoms with van der Waals surface area (Å²) in [5.41, 5.74) is -0.141. The third-order valence-corrected chi connectivity index (χ3v) is 3.52. The van der Waals surface area contributed by atoms with Crippen molar-refractivity contribution in [3.8, 4) is 0 Å². The summed E-state index contributed by atoms with van der Waals surface area (Å²) in [6, 6.07) is 12.0. The van der Waals surface area contributed by atoms with E-state index in [0.29, 0.717) is 11.1 Å². The number of fused-ring (bicyclic) bond motifs is 1. The standard InChI is InChI=1S/C16H9BrFNO3/c17-10-2-1-3-12(8-10)19-15(20)14-7-9-6-11(18)4-5-13(9)16(21)22-14/h1-8H,(H,19,20). The normalized spacial score (nSPS) is 10.6. The topological polar surface area (TPSA) is 59.3 Å². The third kappa shape index (κ3) is 2.92. The van der Waals surface area contributed by atoms with Crippen molar-refractivity contribution in [2.24, 2.45) is 0 Å². The number of rotatable bonds is 2. The summed E-state index contributed by atoms with van der Waals surface area (Å²) < 4.78 is 19.0. The van der Waals surface area contributed by atoms with Gasteiger partial charge in [-0.25, -0.2) is 9.18 Å². The maximum absolute atomic E-state index is 13.3. The van der Waals surface area contributed by atoms with Gasteiger partial charge in [0.1, 0.15) is 5.82 Å². The molecular formula is C16H9BrFNO3. The maximum Gasteiger partial charge on any atom is 0.344 e. The lowest BCUT2D eigenvalue weighted by Crippen LogP contribution is -2.15. The summed E-state index contributed by atoms with van der Waals surface area (Å²) >= 11 is 3.29. The van der Waals surface area contributed by atoms with Crippen LogP contribution in [0.3, 0.4) is 0 Å². The van der Waals surface area contributed by atoms with E-state index < -0.39 is 17.3 Å². The first kappa shape index (κ1) is 14.5. The first-order valence-electron chi connectivity index (χ1n) is 6.33. The van der Waals surface area contributed by atoms with Crippen LogP contribution in [0.2, 0.25) is 0 Å². The molecule has 22 heavy (non-hydrogen) atoms. The highest BCUT2D eigenvalue weighted by molar-refractivity contribution is 9.10. The number of carbonyl (C=O) groups excluding carboxylic acids is 1. The van der Waals surface area contributed by atoms with Crippen LogP contribution in [-0.4, -0.2) is 5.91 Å². The fourth-order valence-electron chi connectivity index (χ4n) is 2.04. The molecule has 1 heterocycles. The number of nitrogens with one attached hydrogen (secondary N) is 1. The van der Waals surface area contributed by atoms with E-state index in [1.165, 1.54) is 24.3 Å². The number of benzene rings is 2. The van der Waals surface area contributed by atoms with Crippen LogP contribution in [0.15, 0.2) is 62.2 Å². The Morgan fingerprint density at radius 1 is 1.14 bits per heavy atom. The highest BCUT2D eigenvalue weighted by Gasteiger charge is 2.13. The second kappa shape index (κ2) is 5.73. The highest BCUT2D eigenvalue weighted by Crippen LogP contribution is 2.18. The van der Waals surface area contributed by atoms with Crippen molar-refractivity contribution in [1.29, 1.82) is 0 Å². The Morgan fingerprint density at radius 3 is 2.73 bits per heavy atom. The SMILES string of the molecule is O=C(Nc1cccc(Br)c1)c1cc2cc(F)ccc2c(=O)o1. The van der Waals surface area contributed by atoms with Gasteiger partial charge in [0.15, 0.2) is 5.76 Å². The lowest BCUT2D eigenvalue weighted by atomic mass is 10.1. The molecule has 1 amide bonds. The van der Waals surface area contributed by atoms with Crippen molar-refractivity contribution in [2.45, 2.75) is 0 Å². The molecule has 2 aromatic carbocycles. The minimum Gasteiger partial charge on any atom is -0.417 e. The fourth-order valence-corrected chi connectivity index (χ4v) is 2.43. The summed E-state index contributed by atoms with van der Waals surface area (Å²) in [5, 5.41) is 3.15. The van der Waals surface area contributed by atoms with Gasteiger partial charge in [0.2, 0.25) is 0 Å². The van der Waals surface area contributed by atoms with Gasteiger partial charge < -0.3 is 9.73 Å². The minimum atomic E-state index is -0.683. The van der Waals surface area contributed by atoms with Crippen LogP contribution in [0.25, 0.3) is 10.8 Å². The van der Waals surface area contributed by atoms with Crippen LogP contribution in [0, 0.1) is 5.82 Å². The number of anilines is 1. The average Bonchev–Trinajstić information content (AvgIpc) is 2.46. The predicted octanol–water partition coefficient (Wildman–Crippen LogP) is 3.95. The molecular weight excluding hydrogens is 353 g/mol. The van der Waals surface area contributed by atoms with Gasteiger partial charge in [-0.05, 0) is 47.9 Å². The zero-order valence-electron chi connectivity index (χ0n) is 11.1. The van der Waals surface area contributed by atoms with Crippen LogP contribution in [-0.2, 0) is 0 Å². The quantitative estimate of drug-likeness (QED) is 0.751. The van der Waals surface area contributed by atoms with Crippen molar-refractivity contribution >= 4 is 38.3 Å². The third-order valence-electron chi connectivity index (χ3n) is 3.03. The van der Waals surface area contributed by atoms with E-state index in [9.17, 15) is 14.0 Å². The molecule has 0 spiro atoms. The number of hydrogen-bond acceptors (Lipinski definition) is 3. The molecule has 0 saturated carbocycles. The van der Waals surface area contributed by atoms with Crippen molar-refractivity contribution in [3.63, 3.8) is 0 Å². The highest BCUT2D eigenvalue weighted by atomic mass is 79.9. The average molecular weight is 362 g/mol. The number of halogens is 2. The molecule has 3 rings (SSSR count). The van der Waals surface area contributed by atoms with Crippen molar-refractivity contribution in [3.05, 3.63) is 75.0 Å². The van der Waals surface area contributed by atoms with E-state index in [-0.39, 0.29) is 11.1 Å². The van der Waals surface area contributed by atoms with Gasteiger partial charge in [-0.3, -0.25) is 4.79 Å². The molecule has 0 atom stereocenters. The number of amides is 1. The minimum absolute atomic E-state index is 0.178. The molecule has 0 aliphatic carbocycles. The summed E-state index contributed by atoms with van der Waals surface area (Å²) in [5.74, 6) is -1.25. The molecule has 0 aliphatic rings. The van der Waals surface area contributed by atoms with E-state index in [2.05, 4.69) is 21.2 Å². The summed E-state index contributed by atoms with van der Waals surface area (Å²) in [6.07, 6.45) is 0. The van der Waals surface area contributed by atoms with Gasteiger partial charge in [0, 0.05) is 10.2 Å². The Bertz CT molecular complexity index is 936. The molecule has 0 unspecified atom stereocenters. The van der Waals surface area contributed by atoms with E-state index in [4.69, 9.17) is 4.42 Å². The van der Waals surface area contributed by atoms with Crippen LogP contribution >= 0.6 is 15.9 Å². The zero-order chi connectivity index (χ0) is 15.7. The molecule has 4 nitrogen and oxygen atoms in total. The molecule has 6 heteroatoms. The first-order chi connectivity index (χ1) is 10.5. The second-order valence-electron chi connectivity index (χ2n) is 4.59. The van der Waals surface area contributed by atoms with Gasteiger partial charge in [-0.2, -0.15) is 0 Å². The van der Waals surface area contributed by atoms with E-state index in [0.717, 1.165) is 4.47 Å². The van der Waals surface area contributed by atoms with E-state index in [1.807, 2.05) is 6.07 Å². The molecule has 0 saturated heterocycles. The van der Waals surface area contributed by atoms with Crippen LogP contribution in [0.4, 0.5) is 10.1 Å². The Morgan fingerprint density at radius 2 is 1.95 bits per heavy atom. The molecule has 0 bridgehead atoms. The predicted molar refractivity (Wildman–Crippen MR) is 84.5 cm³/mol. The lowest BCUT2D eigenvalue weighted by Gasteiger charge is -2.05. The van der Waals surface area contributed by atoms with Gasteiger partial charge >= 0.3 is 5.63 Å². The number of hydrogen-bond donors (Lipinski definition) is 1. The van der Waals surface area contributed by atoms with Crippen LogP contribution in [0.1, 0.15) is 10.6 Å². The summed E-state index contributed by atoms with van der Waals surface area (Å²) in [6.45, 7) is 0. The Balaban J connectivity index is 1.99. The Hall–Kier alpha value is -2.47. The van der Waals surface area contributed by atoms with Crippen LogP contribution < -0.4 is 10.9 Å². The first-order valence-corrected chi connectivity index (χ1v) is 7.12. The van der Waals surface area contributed by atoms with Crippen molar-refractivity contribution in [2.75, 3.05) is 5.32 Å². The molecule has 1 N–H and O–H groups in total. The van der Waals surface area contributed by atoms with Gasteiger partial charge in [-0.1, -0.05) is 22.0 Å².